The van der Waals surface area contributed by atoms with Gasteiger partial charge in [-0.2, -0.15) is 0 Å². The summed E-state index contributed by atoms with van der Waals surface area (Å²) in [7, 11) is 4.09. The Kier molecular flexibility index (Phi) is 4.42. The standard InChI is InChI=1S/C16H21N3/c1-19(2)15-9-7-13(8-10-15)11-18-12-14-5-3-4-6-16(14)17/h3-10,18H,11-12,17H2,1-2H3. The van der Waals surface area contributed by atoms with Gasteiger partial charge in [-0.1, -0.05) is 30.3 Å². The maximum atomic E-state index is 5.91. The molecule has 0 spiro atoms. The molecule has 3 N–H and O–H groups in total. The van der Waals surface area contributed by atoms with Gasteiger partial charge in [0.1, 0.15) is 0 Å². The first-order valence-electron chi connectivity index (χ1n) is 6.47. The molecule has 0 bridgehead atoms. The van der Waals surface area contributed by atoms with E-state index in [4.69, 9.17) is 5.73 Å². The second-order valence-electron chi connectivity index (χ2n) is 4.86. The molecule has 3 heteroatoms. The summed E-state index contributed by atoms with van der Waals surface area (Å²) in [6.07, 6.45) is 0. The van der Waals surface area contributed by atoms with Crippen LogP contribution in [-0.2, 0) is 13.1 Å². The Balaban J connectivity index is 1.87. The summed E-state index contributed by atoms with van der Waals surface area (Å²) in [4.78, 5) is 2.10. The highest BCUT2D eigenvalue weighted by Crippen LogP contribution is 2.13. The zero-order valence-electron chi connectivity index (χ0n) is 11.6. The lowest BCUT2D eigenvalue weighted by molar-refractivity contribution is 0.694. The van der Waals surface area contributed by atoms with Crippen molar-refractivity contribution in [1.29, 1.82) is 0 Å². The van der Waals surface area contributed by atoms with Gasteiger partial charge in [-0.05, 0) is 29.3 Å². The molecule has 19 heavy (non-hydrogen) atoms. The molecule has 2 aromatic carbocycles. The monoisotopic (exact) mass is 255 g/mol. The predicted molar refractivity (Wildman–Crippen MR) is 82.2 cm³/mol. The van der Waals surface area contributed by atoms with Crippen LogP contribution in [0.3, 0.4) is 0 Å². The van der Waals surface area contributed by atoms with Crippen molar-refractivity contribution in [2.24, 2.45) is 0 Å². The maximum Gasteiger partial charge on any atom is 0.0361 e. The molecule has 0 saturated heterocycles. The summed E-state index contributed by atoms with van der Waals surface area (Å²) in [6, 6.07) is 16.5. The smallest absolute Gasteiger partial charge is 0.0361 e. The van der Waals surface area contributed by atoms with Crippen molar-refractivity contribution in [2.75, 3.05) is 24.7 Å². The second kappa shape index (κ2) is 6.25. The van der Waals surface area contributed by atoms with Crippen LogP contribution < -0.4 is 16.0 Å². The Morgan fingerprint density at radius 2 is 1.63 bits per heavy atom. The SMILES string of the molecule is CN(C)c1ccc(CNCc2ccccc2N)cc1. The Morgan fingerprint density at radius 1 is 0.947 bits per heavy atom. The number of rotatable bonds is 5. The minimum atomic E-state index is 0.794. The van der Waals surface area contributed by atoms with E-state index in [1.165, 1.54) is 11.3 Å². The van der Waals surface area contributed by atoms with E-state index in [-0.39, 0.29) is 0 Å². The molecule has 0 aliphatic rings. The van der Waals surface area contributed by atoms with E-state index in [0.29, 0.717) is 0 Å². The third kappa shape index (κ3) is 3.73. The van der Waals surface area contributed by atoms with E-state index < -0.39 is 0 Å². The summed E-state index contributed by atoms with van der Waals surface area (Å²) in [5.74, 6) is 0. The van der Waals surface area contributed by atoms with Gasteiger partial charge in [-0.3, -0.25) is 0 Å². The fourth-order valence-corrected chi connectivity index (χ4v) is 1.95. The first-order chi connectivity index (χ1) is 9.16. The molecule has 2 rings (SSSR count). The lowest BCUT2D eigenvalue weighted by Gasteiger charge is -2.13. The molecule has 0 unspecified atom stereocenters. The molecule has 0 radical (unpaired) electrons. The van der Waals surface area contributed by atoms with Crippen LogP contribution in [0.5, 0.6) is 0 Å². The quantitative estimate of drug-likeness (QED) is 0.807. The van der Waals surface area contributed by atoms with Crippen LogP contribution in [0.1, 0.15) is 11.1 Å². The van der Waals surface area contributed by atoms with E-state index in [1.54, 1.807) is 0 Å². The molecule has 2 aromatic rings. The van der Waals surface area contributed by atoms with E-state index in [9.17, 15) is 0 Å². The van der Waals surface area contributed by atoms with E-state index in [0.717, 1.165) is 24.3 Å². The van der Waals surface area contributed by atoms with Crippen LogP contribution in [0, 0.1) is 0 Å². The van der Waals surface area contributed by atoms with Crippen LogP contribution >= 0.6 is 0 Å². The lowest BCUT2D eigenvalue weighted by Crippen LogP contribution is -2.14. The number of hydrogen-bond acceptors (Lipinski definition) is 3. The molecular weight excluding hydrogens is 234 g/mol. The molecule has 3 nitrogen and oxygen atoms in total. The zero-order chi connectivity index (χ0) is 13.7. The van der Waals surface area contributed by atoms with Crippen molar-refractivity contribution in [3.63, 3.8) is 0 Å². The van der Waals surface area contributed by atoms with Crippen LogP contribution in [-0.4, -0.2) is 14.1 Å². The summed E-state index contributed by atoms with van der Waals surface area (Å²) < 4.78 is 0. The van der Waals surface area contributed by atoms with Crippen molar-refractivity contribution >= 4 is 11.4 Å². The number of benzene rings is 2. The highest BCUT2D eigenvalue weighted by atomic mass is 15.1. The van der Waals surface area contributed by atoms with Gasteiger partial charge in [0.25, 0.3) is 0 Å². The van der Waals surface area contributed by atoms with Crippen molar-refractivity contribution in [1.82, 2.24) is 5.32 Å². The number of nitrogen functional groups attached to an aromatic ring is 1. The Labute approximate surface area is 115 Å². The second-order valence-corrected chi connectivity index (χ2v) is 4.86. The third-order valence-corrected chi connectivity index (χ3v) is 3.15. The predicted octanol–water partition coefficient (Wildman–Crippen LogP) is 2.62. The van der Waals surface area contributed by atoms with Crippen LogP contribution in [0.25, 0.3) is 0 Å². The molecule has 0 aliphatic carbocycles. The highest BCUT2D eigenvalue weighted by Gasteiger charge is 1.99. The Bertz CT molecular complexity index is 518. The Morgan fingerprint density at radius 3 is 2.26 bits per heavy atom. The molecule has 0 saturated carbocycles. The first-order valence-corrected chi connectivity index (χ1v) is 6.47. The van der Waals surface area contributed by atoms with Crippen molar-refractivity contribution < 1.29 is 0 Å². The minimum Gasteiger partial charge on any atom is -0.398 e. The zero-order valence-corrected chi connectivity index (χ0v) is 11.6. The topological polar surface area (TPSA) is 41.3 Å². The van der Waals surface area contributed by atoms with E-state index in [2.05, 4.69) is 40.5 Å². The lowest BCUT2D eigenvalue weighted by atomic mass is 10.1. The number of nitrogens with one attached hydrogen (secondary N) is 1. The van der Waals surface area contributed by atoms with Gasteiger partial charge in [-0.25, -0.2) is 0 Å². The number of anilines is 2. The van der Waals surface area contributed by atoms with Gasteiger partial charge in [0.15, 0.2) is 0 Å². The van der Waals surface area contributed by atoms with Gasteiger partial charge in [0.2, 0.25) is 0 Å². The van der Waals surface area contributed by atoms with Gasteiger partial charge < -0.3 is 16.0 Å². The molecule has 0 aromatic heterocycles. The fourth-order valence-electron chi connectivity index (χ4n) is 1.95. The molecular formula is C16H21N3. The number of nitrogens with zero attached hydrogens (tertiary/aromatic N) is 1. The molecule has 100 valence electrons. The largest absolute Gasteiger partial charge is 0.398 e. The molecule has 0 amide bonds. The van der Waals surface area contributed by atoms with Gasteiger partial charge in [0.05, 0.1) is 0 Å². The molecule has 0 heterocycles. The maximum absolute atomic E-state index is 5.91. The fraction of sp³-hybridized carbons (Fsp3) is 0.250. The van der Waals surface area contributed by atoms with E-state index in [1.807, 2.05) is 32.3 Å². The van der Waals surface area contributed by atoms with E-state index >= 15 is 0 Å². The van der Waals surface area contributed by atoms with Gasteiger partial charge in [-0.15, -0.1) is 0 Å². The molecule has 0 atom stereocenters. The Hall–Kier alpha value is -2.00. The average Bonchev–Trinajstić information content (AvgIpc) is 2.41. The normalized spacial score (nSPS) is 10.4. The first kappa shape index (κ1) is 13.4. The number of nitrogens with two attached hydrogens (primary N) is 1. The number of hydrogen-bond donors (Lipinski definition) is 2. The van der Waals surface area contributed by atoms with Crippen LogP contribution in [0.2, 0.25) is 0 Å². The van der Waals surface area contributed by atoms with Crippen molar-refractivity contribution in [3.8, 4) is 0 Å². The summed E-state index contributed by atoms with van der Waals surface area (Å²) in [6.45, 7) is 1.64. The summed E-state index contributed by atoms with van der Waals surface area (Å²) in [5.41, 5.74) is 10.4. The van der Waals surface area contributed by atoms with Crippen molar-refractivity contribution in [3.05, 3.63) is 59.7 Å². The van der Waals surface area contributed by atoms with Gasteiger partial charge >= 0.3 is 0 Å². The highest BCUT2D eigenvalue weighted by molar-refractivity contribution is 5.47. The summed E-state index contributed by atoms with van der Waals surface area (Å²) >= 11 is 0. The third-order valence-electron chi connectivity index (χ3n) is 3.15. The van der Waals surface area contributed by atoms with Gasteiger partial charge in [0, 0.05) is 38.6 Å². The molecule has 0 fully saturated rings. The summed E-state index contributed by atoms with van der Waals surface area (Å²) in [5, 5.41) is 3.41. The average molecular weight is 255 g/mol. The van der Waals surface area contributed by atoms with Crippen molar-refractivity contribution in [2.45, 2.75) is 13.1 Å². The molecule has 0 aliphatic heterocycles. The van der Waals surface area contributed by atoms with Crippen LogP contribution in [0.15, 0.2) is 48.5 Å². The van der Waals surface area contributed by atoms with Crippen LogP contribution in [0.4, 0.5) is 11.4 Å². The number of para-hydroxylation sites is 1. The minimum absolute atomic E-state index is 0.794.